The summed E-state index contributed by atoms with van der Waals surface area (Å²) >= 11 is 0. The topological polar surface area (TPSA) is 113 Å². The first kappa shape index (κ1) is 14.8. The predicted molar refractivity (Wildman–Crippen MR) is 74.2 cm³/mol. The molecule has 2 N–H and O–H groups in total. The molecule has 8 heteroatoms. The lowest BCUT2D eigenvalue weighted by atomic mass is 10.0. The van der Waals surface area contributed by atoms with Gasteiger partial charge in [0.2, 0.25) is 5.91 Å². The van der Waals surface area contributed by atoms with Crippen molar-refractivity contribution in [2.24, 2.45) is 0 Å². The van der Waals surface area contributed by atoms with Crippen LogP contribution in [-0.4, -0.2) is 41.0 Å². The number of hydrogen-bond acceptors (Lipinski definition) is 5. The van der Waals surface area contributed by atoms with Crippen molar-refractivity contribution < 1.29 is 19.6 Å². The number of aryl methyl sites for hydroxylation is 1. The lowest BCUT2D eigenvalue weighted by Gasteiger charge is -2.36. The van der Waals surface area contributed by atoms with Crippen molar-refractivity contribution in [1.29, 1.82) is 0 Å². The van der Waals surface area contributed by atoms with Gasteiger partial charge in [-0.1, -0.05) is 6.07 Å². The monoisotopic (exact) mass is 293 g/mol. The third kappa shape index (κ3) is 3.10. The molecule has 1 aliphatic rings. The van der Waals surface area contributed by atoms with Crippen LogP contribution in [0, 0.1) is 17.0 Å². The maximum atomic E-state index is 11.9. The van der Waals surface area contributed by atoms with Gasteiger partial charge in [-0.2, -0.15) is 0 Å². The third-order valence-corrected chi connectivity index (χ3v) is 3.41. The van der Waals surface area contributed by atoms with Crippen LogP contribution in [0.25, 0.3) is 0 Å². The Morgan fingerprint density at radius 2 is 2.29 bits per heavy atom. The van der Waals surface area contributed by atoms with Crippen molar-refractivity contribution in [3.8, 4) is 0 Å². The smallest absolute Gasteiger partial charge is 0.305 e. The minimum Gasteiger partial charge on any atom is -0.481 e. The van der Waals surface area contributed by atoms with Crippen LogP contribution in [-0.2, 0) is 9.59 Å². The quantitative estimate of drug-likeness (QED) is 0.623. The summed E-state index contributed by atoms with van der Waals surface area (Å²) < 4.78 is 0. The molecule has 1 fully saturated rings. The first-order chi connectivity index (χ1) is 9.90. The van der Waals surface area contributed by atoms with Gasteiger partial charge in [0, 0.05) is 30.9 Å². The van der Waals surface area contributed by atoms with Gasteiger partial charge in [-0.15, -0.1) is 0 Å². The number of carboxylic acid groups (broad SMARTS) is 1. The molecule has 1 aliphatic heterocycles. The van der Waals surface area contributed by atoms with E-state index in [4.69, 9.17) is 5.11 Å². The maximum absolute atomic E-state index is 11.9. The summed E-state index contributed by atoms with van der Waals surface area (Å²) in [5.41, 5.74) is 1.19. The highest BCUT2D eigenvalue weighted by Crippen LogP contribution is 2.28. The van der Waals surface area contributed by atoms with Crippen LogP contribution >= 0.6 is 0 Å². The van der Waals surface area contributed by atoms with Gasteiger partial charge in [0.05, 0.1) is 11.3 Å². The number of aliphatic carboxylic acids is 1. The molecule has 0 aromatic heterocycles. The van der Waals surface area contributed by atoms with Crippen molar-refractivity contribution in [3.63, 3.8) is 0 Å². The van der Waals surface area contributed by atoms with Crippen molar-refractivity contribution in [2.45, 2.75) is 19.4 Å². The molecule has 21 heavy (non-hydrogen) atoms. The minimum absolute atomic E-state index is 0.0874. The van der Waals surface area contributed by atoms with E-state index in [0.717, 1.165) is 5.56 Å². The Labute approximate surface area is 120 Å². The van der Waals surface area contributed by atoms with E-state index in [9.17, 15) is 19.7 Å². The molecule has 0 radical (unpaired) electrons. The highest BCUT2D eigenvalue weighted by atomic mass is 16.6. The molecule has 0 aliphatic carbocycles. The summed E-state index contributed by atoms with van der Waals surface area (Å²) in [5.74, 6) is -1.47. The number of carboxylic acids is 1. The van der Waals surface area contributed by atoms with E-state index < -0.39 is 16.9 Å². The van der Waals surface area contributed by atoms with Gasteiger partial charge in [-0.3, -0.25) is 19.7 Å². The van der Waals surface area contributed by atoms with Crippen LogP contribution in [0.15, 0.2) is 18.2 Å². The number of amides is 1. The lowest BCUT2D eigenvalue weighted by Crippen LogP contribution is -2.56. The van der Waals surface area contributed by atoms with Gasteiger partial charge < -0.3 is 15.3 Å². The van der Waals surface area contributed by atoms with Crippen LogP contribution in [0.5, 0.6) is 0 Å². The van der Waals surface area contributed by atoms with E-state index in [1.165, 1.54) is 12.1 Å². The van der Waals surface area contributed by atoms with E-state index in [0.29, 0.717) is 18.8 Å². The van der Waals surface area contributed by atoms with Crippen molar-refractivity contribution >= 4 is 23.3 Å². The summed E-state index contributed by atoms with van der Waals surface area (Å²) in [7, 11) is 0. The van der Waals surface area contributed by atoms with Crippen LogP contribution < -0.4 is 10.2 Å². The number of nitrogens with zero attached hydrogens (tertiary/aromatic N) is 2. The van der Waals surface area contributed by atoms with E-state index in [2.05, 4.69) is 5.32 Å². The fraction of sp³-hybridized carbons (Fsp3) is 0.385. The Hall–Kier alpha value is -2.64. The molecule has 1 unspecified atom stereocenters. The molecule has 1 amide bonds. The van der Waals surface area contributed by atoms with Crippen LogP contribution in [0.1, 0.15) is 12.0 Å². The second-order valence-electron chi connectivity index (χ2n) is 4.83. The number of rotatable bonds is 4. The number of anilines is 1. The molecule has 1 heterocycles. The van der Waals surface area contributed by atoms with E-state index in [-0.39, 0.29) is 18.0 Å². The van der Waals surface area contributed by atoms with Gasteiger partial charge in [0.15, 0.2) is 0 Å². The summed E-state index contributed by atoms with van der Waals surface area (Å²) in [6.45, 7) is 2.55. The normalized spacial score (nSPS) is 18.2. The van der Waals surface area contributed by atoms with E-state index >= 15 is 0 Å². The molecule has 1 aromatic rings. The fourth-order valence-corrected chi connectivity index (χ4v) is 2.39. The zero-order valence-corrected chi connectivity index (χ0v) is 11.4. The Kier molecular flexibility index (Phi) is 4.06. The highest BCUT2D eigenvalue weighted by molar-refractivity contribution is 5.90. The number of carbonyl (C=O) groups is 2. The summed E-state index contributed by atoms with van der Waals surface area (Å²) in [5, 5.41) is 22.4. The molecule has 1 atom stereocenters. The molecular formula is C13H15N3O5. The molecule has 0 spiro atoms. The molecule has 0 bridgehead atoms. The average molecular weight is 293 g/mol. The fourth-order valence-electron chi connectivity index (χ4n) is 2.39. The second kappa shape index (κ2) is 5.78. The average Bonchev–Trinajstić information content (AvgIpc) is 2.41. The molecule has 1 saturated heterocycles. The summed E-state index contributed by atoms with van der Waals surface area (Å²) in [4.78, 5) is 34.8. The Morgan fingerprint density at radius 3 is 2.90 bits per heavy atom. The van der Waals surface area contributed by atoms with Crippen LogP contribution in [0.4, 0.5) is 11.4 Å². The lowest BCUT2D eigenvalue weighted by molar-refractivity contribution is -0.384. The molecule has 1 aromatic carbocycles. The molecule has 0 saturated carbocycles. The standard InChI is InChI=1S/C13H15N3O5/c1-8-2-3-9(16(20)21)6-10(8)15-5-4-14-13(19)11(15)7-12(17)18/h2-3,6,11H,4-5,7H2,1H3,(H,14,19)(H,17,18). The van der Waals surface area contributed by atoms with Crippen LogP contribution in [0.2, 0.25) is 0 Å². The predicted octanol–water partition coefficient (Wildman–Crippen LogP) is 0.683. The first-order valence-electron chi connectivity index (χ1n) is 6.41. The number of carbonyl (C=O) groups excluding carboxylic acids is 1. The van der Waals surface area contributed by atoms with E-state index in [1.807, 2.05) is 0 Å². The second-order valence-corrected chi connectivity index (χ2v) is 4.83. The van der Waals surface area contributed by atoms with Gasteiger partial charge in [0.25, 0.3) is 5.69 Å². The van der Waals surface area contributed by atoms with Gasteiger partial charge in [-0.25, -0.2) is 0 Å². The van der Waals surface area contributed by atoms with Crippen LogP contribution in [0.3, 0.4) is 0 Å². The summed E-state index contributed by atoms with van der Waals surface area (Å²) in [6, 6.07) is 3.49. The molecule has 2 rings (SSSR count). The zero-order valence-electron chi connectivity index (χ0n) is 11.4. The van der Waals surface area contributed by atoms with Gasteiger partial charge in [0.1, 0.15) is 6.04 Å². The third-order valence-electron chi connectivity index (χ3n) is 3.41. The van der Waals surface area contributed by atoms with Crippen molar-refractivity contribution in [3.05, 3.63) is 33.9 Å². The molecular weight excluding hydrogens is 278 g/mol. The molecule has 112 valence electrons. The van der Waals surface area contributed by atoms with Gasteiger partial charge >= 0.3 is 5.97 Å². The number of non-ortho nitro benzene ring substituents is 1. The number of nitro groups is 1. The zero-order chi connectivity index (χ0) is 15.6. The van der Waals surface area contributed by atoms with Gasteiger partial charge in [-0.05, 0) is 12.5 Å². The SMILES string of the molecule is Cc1ccc([N+](=O)[O-])cc1N1CCNC(=O)C1CC(=O)O. The maximum Gasteiger partial charge on any atom is 0.305 e. The summed E-state index contributed by atoms with van der Waals surface area (Å²) in [6.07, 6.45) is -0.353. The number of nitrogens with one attached hydrogen (secondary N) is 1. The highest BCUT2D eigenvalue weighted by Gasteiger charge is 2.33. The number of benzene rings is 1. The number of hydrogen-bond donors (Lipinski definition) is 2. The Morgan fingerprint density at radius 1 is 1.57 bits per heavy atom. The number of piperazine rings is 1. The van der Waals surface area contributed by atoms with E-state index in [1.54, 1.807) is 17.9 Å². The molecule has 8 nitrogen and oxygen atoms in total. The Bertz CT molecular complexity index is 601. The van der Waals surface area contributed by atoms with Crippen molar-refractivity contribution in [2.75, 3.05) is 18.0 Å². The first-order valence-corrected chi connectivity index (χ1v) is 6.41. The number of nitro benzene ring substituents is 1. The van der Waals surface area contributed by atoms with Crippen molar-refractivity contribution in [1.82, 2.24) is 5.32 Å². The largest absolute Gasteiger partial charge is 0.481 e. The Balaban J connectivity index is 2.41. The minimum atomic E-state index is -1.09.